The number of benzene rings is 1. The molecule has 0 aromatic heterocycles. The molecule has 3 rings (SSSR count). The number of hydrogen-bond donors (Lipinski definition) is 1. The highest BCUT2D eigenvalue weighted by Crippen LogP contribution is 2.33. The Hall–Kier alpha value is -2.39. The molecule has 0 bridgehead atoms. The van der Waals surface area contributed by atoms with Gasteiger partial charge in [-0.1, -0.05) is 30.5 Å². The molecule has 1 aliphatic heterocycles. The van der Waals surface area contributed by atoms with Crippen LogP contribution in [-0.4, -0.2) is 40.0 Å². The number of rotatable bonds is 7. The van der Waals surface area contributed by atoms with Gasteiger partial charge in [0.2, 0.25) is 5.91 Å². The molecule has 0 unspecified atom stereocenters. The van der Waals surface area contributed by atoms with Crippen LogP contribution in [0.25, 0.3) is 6.08 Å². The molecule has 8 nitrogen and oxygen atoms in total. The molecule has 1 aliphatic carbocycles. The second-order valence-corrected chi connectivity index (χ2v) is 8.41. The summed E-state index contributed by atoms with van der Waals surface area (Å²) in [6.07, 6.45) is 6.38. The Balaban J connectivity index is 1.58. The predicted molar refractivity (Wildman–Crippen MR) is 110 cm³/mol. The molecule has 0 spiro atoms. The fourth-order valence-corrected chi connectivity index (χ4v) is 4.51. The average Bonchev–Trinajstić information content (AvgIpc) is 3.26. The van der Waals surface area contributed by atoms with E-state index in [1.54, 1.807) is 0 Å². The predicted octanol–water partition coefficient (Wildman–Crippen LogP) is 3.98. The minimum absolute atomic E-state index is 0.00593. The Labute approximate surface area is 176 Å². The smallest absolute Gasteiger partial charge is 0.293 e. The van der Waals surface area contributed by atoms with Crippen LogP contribution in [0.2, 0.25) is 5.02 Å². The highest BCUT2D eigenvalue weighted by atomic mass is 35.5. The van der Waals surface area contributed by atoms with Gasteiger partial charge in [0.1, 0.15) is 5.02 Å². The largest absolute Gasteiger partial charge is 0.354 e. The van der Waals surface area contributed by atoms with Crippen molar-refractivity contribution in [3.8, 4) is 0 Å². The van der Waals surface area contributed by atoms with Crippen molar-refractivity contribution < 1.29 is 19.3 Å². The first-order chi connectivity index (χ1) is 13.8. The van der Waals surface area contributed by atoms with Crippen LogP contribution in [0.15, 0.2) is 23.1 Å². The fourth-order valence-electron chi connectivity index (χ4n) is 3.46. The lowest BCUT2D eigenvalue weighted by atomic mass is 10.0. The van der Waals surface area contributed by atoms with Gasteiger partial charge in [0.25, 0.3) is 16.8 Å². The van der Waals surface area contributed by atoms with E-state index in [0.717, 1.165) is 42.3 Å². The first kappa shape index (κ1) is 21.3. The van der Waals surface area contributed by atoms with Crippen LogP contribution in [0.4, 0.5) is 10.5 Å². The molecule has 0 radical (unpaired) electrons. The summed E-state index contributed by atoms with van der Waals surface area (Å²) in [7, 11) is 0. The lowest BCUT2D eigenvalue weighted by Gasteiger charge is -2.14. The molecule has 1 aromatic rings. The van der Waals surface area contributed by atoms with E-state index < -0.39 is 16.1 Å². The molecule has 0 atom stereocenters. The molecule has 29 heavy (non-hydrogen) atoms. The Morgan fingerprint density at radius 3 is 2.76 bits per heavy atom. The molecule has 2 aliphatic rings. The molecule has 1 N–H and O–H groups in total. The summed E-state index contributed by atoms with van der Waals surface area (Å²) in [6.45, 7) is 0.280. The standard InChI is InChI=1S/C19H20ClN3O5S/c20-14-6-5-13(9-15(14)23(27)28)10-16-18(25)22(19(26)29-16)8-7-21-17(24)11-12-3-1-2-4-12/h5-6,9-10,12H,1-4,7-8,11H2,(H,21,24). The number of halogens is 1. The quantitative estimate of drug-likeness (QED) is 0.392. The van der Waals surface area contributed by atoms with E-state index in [2.05, 4.69) is 5.32 Å². The fraction of sp³-hybridized carbons (Fsp3) is 0.421. The molecule has 3 amide bonds. The van der Waals surface area contributed by atoms with Gasteiger partial charge in [-0.3, -0.25) is 29.4 Å². The number of nitrogens with one attached hydrogen (secondary N) is 1. The van der Waals surface area contributed by atoms with Gasteiger partial charge in [0, 0.05) is 25.6 Å². The highest BCUT2D eigenvalue weighted by Gasteiger charge is 2.34. The molecule has 2 fully saturated rings. The van der Waals surface area contributed by atoms with Crippen molar-refractivity contribution in [2.24, 2.45) is 5.92 Å². The van der Waals surface area contributed by atoms with E-state index in [1.165, 1.54) is 24.3 Å². The third-order valence-corrected chi connectivity index (χ3v) is 6.17. The first-order valence-electron chi connectivity index (χ1n) is 9.31. The number of carbonyl (C=O) groups excluding carboxylic acids is 3. The number of nitro groups is 1. The van der Waals surface area contributed by atoms with Crippen LogP contribution in [0, 0.1) is 16.0 Å². The zero-order valence-electron chi connectivity index (χ0n) is 15.6. The van der Waals surface area contributed by atoms with Gasteiger partial charge in [0.15, 0.2) is 0 Å². The number of nitro benzene ring substituents is 1. The average molecular weight is 438 g/mol. The molecular formula is C19H20ClN3O5S. The zero-order valence-corrected chi connectivity index (χ0v) is 17.1. The number of nitrogens with zero attached hydrogens (tertiary/aromatic N) is 2. The van der Waals surface area contributed by atoms with Crippen molar-refractivity contribution in [2.45, 2.75) is 32.1 Å². The van der Waals surface area contributed by atoms with Gasteiger partial charge < -0.3 is 5.32 Å². The van der Waals surface area contributed by atoms with E-state index in [9.17, 15) is 24.5 Å². The van der Waals surface area contributed by atoms with Gasteiger partial charge in [-0.2, -0.15) is 0 Å². The highest BCUT2D eigenvalue weighted by molar-refractivity contribution is 8.18. The first-order valence-corrected chi connectivity index (χ1v) is 10.5. The summed E-state index contributed by atoms with van der Waals surface area (Å²) >= 11 is 6.55. The van der Waals surface area contributed by atoms with Crippen LogP contribution >= 0.6 is 23.4 Å². The molecule has 1 saturated heterocycles. The topological polar surface area (TPSA) is 110 Å². The minimum Gasteiger partial charge on any atom is -0.354 e. The van der Waals surface area contributed by atoms with Gasteiger partial charge in [0.05, 0.1) is 9.83 Å². The third kappa shape index (κ3) is 5.36. The minimum atomic E-state index is -0.611. The van der Waals surface area contributed by atoms with Crippen molar-refractivity contribution in [1.29, 1.82) is 0 Å². The van der Waals surface area contributed by atoms with Crippen LogP contribution in [-0.2, 0) is 9.59 Å². The van der Waals surface area contributed by atoms with Crippen molar-refractivity contribution in [3.05, 3.63) is 43.8 Å². The number of imide groups is 1. The van der Waals surface area contributed by atoms with E-state index in [0.29, 0.717) is 17.9 Å². The molecule has 10 heteroatoms. The maximum atomic E-state index is 12.5. The van der Waals surface area contributed by atoms with Crippen molar-refractivity contribution in [1.82, 2.24) is 10.2 Å². The summed E-state index contributed by atoms with van der Waals surface area (Å²) in [6, 6.07) is 4.15. The van der Waals surface area contributed by atoms with E-state index >= 15 is 0 Å². The number of hydrogen-bond acceptors (Lipinski definition) is 6. The summed E-state index contributed by atoms with van der Waals surface area (Å²) in [5.74, 6) is -0.117. The van der Waals surface area contributed by atoms with Crippen molar-refractivity contribution in [2.75, 3.05) is 13.1 Å². The molecule has 154 valence electrons. The summed E-state index contributed by atoms with van der Waals surface area (Å²) in [5, 5.41) is 13.3. The lowest BCUT2D eigenvalue weighted by Crippen LogP contribution is -2.37. The van der Waals surface area contributed by atoms with Crippen LogP contribution in [0.1, 0.15) is 37.7 Å². The monoisotopic (exact) mass is 437 g/mol. The zero-order chi connectivity index (χ0) is 21.0. The van der Waals surface area contributed by atoms with Gasteiger partial charge >= 0.3 is 0 Å². The van der Waals surface area contributed by atoms with Gasteiger partial charge in [-0.25, -0.2) is 0 Å². The Kier molecular flexibility index (Phi) is 6.92. The van der Waals surface area contributed by atoms with Gasteiger partial charge in [-0.15, -0.1) is 0 Å². The van der Waals surface area contributed by atoms with Crippen molar-refractivity contribution in [3.63, 3.8) is 0 Å². The summed E-state index contributed by atoms with van der Waals surface area (Å²) in [5.41, 5.74) is 0.126. The van der Waals surface area contributed by atoms with E-state index in [4.69, 9.17) is 11.6 Å². The molecule has 1 aromatic carbocycles. The second-order valence-electron chi connectivity index (χ2n) is 7.01. The van der Waals surface area contributed by atoms with Crippen molar-refractivity contribution >= 4 is 52.2 Å². The normalized spacial score (nSPS) is 18.7. The van der Waals surface area contributed by atoms with Gasteiger partial charge in [-0.05, 0) is 48.2 Å². The van der Waals surface area contributed by atoms with Crippen LogP contribution in [0.3, 0.4) is 0 Å². The number of carbonyl (C=O) groups is 3. The molecule has 1 heterocycles. The Morgan fingerprint density at radius 1 is 1.34 bits per heavy atom. The third-order valence-electron chi connectivity index (χ3n) is 4.94. The lowest BCUT2D eigenvalue weighted by molar-refractivity contribution is -0.384. The maximum Gasteiger partial charge on any atom is 0.293 e. The second kappa shape index (κ2) is 9.41. The number of thioether (sulfide) groups is 1. The maximum absolute atomic E-state index is 12.5. The van der Waals surface area contributed by atoms with E-state index in [1.807, 2.05) is 0 Å². The SMILES string of the molecule is O=C(CC1CCCC1)NCCN1C(=O)SC(=Cc2ccc(Cl)c([N+](=O)[O-])c2)C1=O. The van der Waals surface area contributed by atoms with E-state index in [-0.39, 0.29) is 34.6 Å². The Morgan fingerprint density at radius 2 is 2.07 bits per heavy atom. The summed E-state index contributed by atoms with van der Waals surface area (Å²) < 4.78 is 0. The summed E-state index contributed by atoms with van der Waals surface area (Å²) in [4.78, 5) is 48.2. The van der Waals surface area contributed by atoms with Crippen LogP contribution < -0.4 is 5.32 Å². The molecular weight excluding hydrogens is 418 g/mol. The Bertz CT molecular complexity index is 883. The van der Waals surface area contributed by atoms with Crippen LogP contribution in [0.5, 0.6) is 0 Å². The number of amides is 3. The molecule has 1 saturated carbocycles.